The van der Waals surface area contributed by atoms with Crippen molar-refractivity contribution in [1.29, 1.82) is 0 Å². The standard InChI is InChI=1S/C14H22N4/c15-17-13-6-3-7-14(16-13)18-9-8-11-4-1-2-5-12(11)10-18/h3,6-7,11-12H,1-2,4-5,8-10,15H2,(H,16,17). The van der Waals surface area contributed by atoms with Gasteiger partial charge in [0.2, 0.25) is 0 Å². The summed E-state index contributed by atoms with van der Waals surface area (Å²) in [5.74, 6) is 9.08. The molecule has 2 unspecified atom stereocenters. The largest absolute Gasteiger partial charge is 0.356 e. The van der Waals surface area contributed by atoms with Gasteiger partial charge in [-0.05, 0) is 36.8 Å². The van der Waals surface area contributed by atoms with Crippen molar-refractivity contribution in [2.75, 3.05) is 23.4 Å². The molecule has 0 spiro atoms. The smallest absolute Gasteiger partial charge is 0.142 e. The molecule has 4 heteroatoms. The summed E-state index contributed by atoms with van der Waals surface area (Å²) in [6.07, 6.45) is 7.01. The Labute approximate surface area is 109 Å². The summed E-state index contributed by atoms with van der Waals surface area (Å²) in [4.78, 5) is 6.97. The first kappa shape index (κ1) is 11.8. The highest BCUT2D eigenvalue weighted by atomic mass is 15.3. The van der Waals surface area contributed by atoms with Crippen LogP contribution in [0.2, 0.25) is 0 Å². The van der Waals surface area contributed by atoms with Crippen LogP contribution in [0.25, 0.3) is 0 Å². The van der Waals surface area contributed by atoms with E-state index < -0.39 is 0 Å². The lowest BCUT2D eigenvalue weighted by Crippen LogP contribution is -2.42. The van der Waals surface area contributed by atoms with Crippen LogP contribution in [0.5, 0.6) is 0 Å². The highest BCUT2D eigenvalue weighted by Crippen LogP contribution is 2.37. The Morgan fingerprint density at radius 3 is 2.83 bits per heavy atom. The van der Waals surface area contributed by atoms with E-state index in [1.807, 2.05) is 12.1 Å². The Kier molecular flexibility index (Phi) is 3.37. The molecular formula is C14H22N4. The van der Waals surface area contributed by atoms with E-state index in [4.69, 9.17) is 5.84 Å². The molecule has 1 aliphatic heterocycles. The van der Waals surface area contributed by atoms with E-state index in [-0.39, 0.29) is 0 Å². The minimum Gasteiger partial charge on any atom is -0.356 e. The van der Waals surface area contributed by atoms with Crippen LogP contribution in [0.3, 0.4) is 0 Å². The molecule has 0 bridgehead atoms. The van der Waals surface area contributed by atoms with Crippen LogP contribution in [0.1, 0.15) is 32.1 Å². The minimum absolute atomic E-state index is 0.748. The third-order valence-corrected chi connectivity index (χ3v) is 4.50. The fourth-order valence-corrected chi connectivity index (χ4v) is 3.49. The quantitative estimate of drug-likeness (QED) is 0.621. The van der Waals surface area contributed by atoms with Crippen molar-refractivity contribution in [3.05, 3.63) is 18.2 Å². The van der Waals surface area contributed by atoms with Crippen LogP contribution >= 0.6 is 0 Å². The van der Waals surface area contributed by atoms with Gasteiger partial charge in [0.05, 0.1) is 0 Å². The van der Waals surface area contributed by atoms with E-state index in [0.717, 1.165) is 30.0 Å². The lowest BCUT2D eigenvalue weighted by molar-refractivity contribution is 0.202. The van der Waals surface area contributed by atoms with Gasteiger partial charge in [-0.3, -0.25) is 0 Å². The SMILES string of the molecule is NNc1cccc(N2CCC3CCCCC3C2)n1. The summed E-state index contributed by atoms with van der Waals surface area (Å²) in [5.41, 5.74) is 2.62. The molecule has 2 atom stereocenters. The molecule has 0 aromatic carbocycles. The monoisotopic (exact) mass is 246 g/mol. The van der Waals surface area contributed by atoms with Crippen molar-refractivity contribution < 1.29 is 0 Å². The van der Waals surface area contributed by atoms with Crippen molar-refractivity contribution in [2.24, 2.45) is 17.7 Å². The Hall–Kier alpha value is -1.29. The molecule has 0 radical (unpaired) electrons. The van der Waals surface area contributed by atoms with Gasteiger partial charge in [-0.2, -0.15) is 0 Å². The maximum atomic E-state index is 5.42. The second-order valence-corrected chi connectivity index (χ2v) is 5.56. The number of nitrogens with zero attached hydrogens (tertiary/aromatic N) is 2. The van der Waals surface area contributed by atoms with E-state index in [0.29, 0.717) is 0 Å². The van der Waals surface area contributed by atoms with Crippen molar-refractivity contribution in [1.82, 2.24) is 4.98 Å². The van der Waals surface area contributed by atoms with E-state index >= 15 is 0 Å². The van der Waals surface area contributed by atoms with Gasteiger partial charge in [-0.25, -0.2) is 10.8 Å². The van der Waals surface area contributed by atoms with Crippen LogP contribution in [-0.4, -0.2) is 18.1 Å². The first-order chi connectivity index (χ1) is 8.86. The molecule has 1 saturated carbocycles. The zero-order valence-electron chi connectivity index (χ0n) is 10.8. The molecule has 3 N–H and O–H groups in total. The summed E-state index contributed by atoms with van der Waals surface area (Å²) >= 11 is 0. The zero-order valence-corrected chi connectivity index (χ0v) is 10.8. The highest BCUT2D eigenvalue weighted by molar-refractivity contribution is 5.46. The molecule has 1 aromatic heterocycles. The highest BCUT2D eigenvalue weighted by Gasteiger charge is 2.31. The van der Waals surface area contributed by atoms with Crippen LogP contribution in [-0.2, 0) is 0 Å². The number of nitrogens with two attached hydrogens (primary N) is 1. The Balaban J connectivity index is 1.72. The number of pyridine rings is 1. The van der Waals surface area contributed by atoms with Crippen molar-refractivity contribution in [3.63, 3.8) is 0 Å². The van der Waals surface area contributed by atoms with Gasteiger partial charge < -0.3 is 10.3 Å². The summed E-state index contributed by atoms with van der Waals surface area (Å²) in [5, 5.41) is 0. The van der Waals surface area contributed by atoms with Gasteiger partial charge in [0.1, 0.15) is 11.6 Å². The summed E-state index contributed by atoms with van der Waals surface area (Å²) < 4.78 is 0. The second kappa shape index (κ2) is 5.14. The van der Waals surface area contributed by atoms with Gasteiger partial charge >= 0.3 is 0 Å². The lowest BCUT2D eigenvalue weighted by Gasteiger charge is -2.41. The van der Waals surface area contributed by atoms with Gasteiger partial charge in [-0.1, -0.05) is 25.3 Å². The number of hydrogen-bond acceptors (Lipinski definition) is 4. The van der Waals surface area contributed by atoms with Gasteiger partial charge in [0.15, 0.2) is 0 Å². The second-order valence-electron chi connectivity index (χ2n) is 5.56. The van der Waals surface area contributed by atoms with Crippen LogP contribution in [0.15, 0.2) is 18.2 Å². The fraction of sp³-hybridized carbons (Fsp3) is 0.643. The number of nitrogen functional groups attached to an aromatic ring is 1. The number of anilines is 2. The van der Waals surface area contributed by atoms with Gasteiger partial charge in [0, 0.05) is 13.1 Å². The lowest BCUT2D eigenvalue weighted by atomic mass is 9.75. The Bertz CT molecular complexity index is 407. The molecule has 1 aromatic rings. The van der Waals surface area contributed by atoms with Crippen LogP contribution in [0.4, 0.5) is 11.6 Å². The average molecular weight is 246 g/mol. The predicted octanol–water partition coefficient (Wildman–Crippen LogP) is 2.38. The summed E-state index contributed by atoms with van der Waals surface area (Å²) in [6, 6.07) is 6.01. The number of hydrazine groups is 1. The number of hydrogen-bond donors (Lipinski definition) is 2. The number of aromatic nitrogens is 1. The maximum Gasteiger partial charge on any atom is 0.142 e. The molecule has 2 aliphatic rings. The normalized spacial score (nSPS) is 27.7. The zero-order chi connectivity index (χ0) is 12.4. The predicted molar refractivity (Wildman–Crippen MR) is 74.3 cm³/mol. The van der Waals surface area contributed by atoms with E-state index in [1.165, 1.54) is 38.6 Å². The van der Waals surface area contributed by atoms with Crippen molar-refractivity contribution >= 4 is 11.6 Å². The van der Waals surface area contributed by atoms with Crippen LogP contribution in [0, 0.1) is 11.8 Å². The first-order valence-corrected chi connectivity index (χ1v) is 7.05. The van der Waals surface area contributed by atoms with E-state index in [1.54, 1.807) is 0 Å². The van der Waals surface area contributed by atoms with Crippen molar-refractivity contribution in [2.45, 2.75) is 32.1 Å². The minimum atomic E-state index is 0.748. The molecule has 1 aliphatic carbocycles. The molecular weight excluding hydrogens is 224 g/mol. The topological polar surface area (TPSA) is 54.2 Å². The number of rotatable bonds is 2. The van der Waals surface area contributed by atoms with Crippen LogP contribution < -0.4 is 16.2 Å². The molecule has 3 rings (SSSR count). The Morgan fingerprint density at radius 1 is 1.17 bits per heavy atom. The first-order valence-electron chi connectivity index (χ1n) is 7.05. The fourth-order valence-electron chi connectivity index (χ4n) is 3.49. The number of nitrogens with one attached hydrogen (secondary N) is 1. The molecule has 98 valence electrons. The molecule has 18 heavy (non-hydrogen) atoms. The molecule has 0 amide bonds. The molecule has 2 heterocycles. The third-order valence-electron chi connectivity index (χ3n) is 4.50. The molecule has 4 nitrogen and oxygen atoms in total. The number of fused-ring (bicyclic) bond motifs is 1. The number of piperidine rings is 1. The van der Waals surface area contributed by atoms with E-state index in [9.17, 15) is 0 Å². The summed E-state index contributed by atoms with van der Waals surface area (Å²) in [6.45, 7) is 2.31. The molecule has 1 saturated heterocycles. The van der Waals surface area contributed by atoms with Crippen molar-refractivity contribution in [3.8, 4) is 0 Å². The van der Waals surface area contributed by atoms with Gasteiger partial charge in [0.25, 0.3) is 0 Å². The summed E-state index contributed by atoms with van der Waals surface area (Å²) in [7, 11) is 0. The van der Waals surface area contributed by atoms with Gasteiger partial charge in [-0.15, -0.1) is 0 Å². The third kappa shape index (κ3) is 2.29. The molecule has 2 fully saturated rings. The average Bonchev–Trinajstić information content (AvgIpc) is 2.47. The van der Waals surface area contributed by atoms with E-state index in [2.05, 4.69) is 21.4 Å². The Morgan fingerprint density at radius 2 is 2.00 bits per heavy atom. The maximum absolute atomic E-state index is 5.42.